The number of hydrogen-bond acceptors (Lipinski definition) is 5. The van der Waals surface area contributed by atoms with Gasteiger partial charge in [0.25, 0.3) is 5.69 Å². The zero-order valence-electron chi connectivity index (χ0n) is 13.2. The van der Waals surface area contributed by atoms with Gasteiger partial charge in [0.15, 0.2) is 0 Å². The molecule has 0 radical (unpaired) electrons. The number of amides is 1. The predicted molar refractivity (Wildman–Crippen MR) is 81.8 cm³/mol. The molecule has 1 aromatic carbocycles. The van der Waals surface area contributed by atoms with Crippen LogP contribution >= 0.6 is 0 Å². The number of piperidine rings is 1. The molecule has 0 aromatic heterocycles. The van der Waals surface area contributed by atoms with Crippen LogP contribution in [0.2, 0.25) is 0 Å². The quantitative estimate of drug-likeness (QED) is 0.632. The molecule has 1 saturated heterocycles. The van der Waals surface area contributed by atoms with Crippen molar-refractivity contribution in [2.75, 3.05) is 20.1 Å². The molecule has 0 unspecified atom stereocenters. The van der Waals surface area contributed by atoms with Crippen LogP contribution in [0.15, 0.2) is 18.2 Å². The van der Waals surface area contributed by atoms with E-state index in [9.17, 15) is 23.7 Å². The SMILES string of the molecule is CNC(=O)[C@@H]1CCCN(Cc2cc([N+](=O)[O-])ccc2OC(F)F)C1. The molecule has 7 nitrogen and oxygen atoms in total. The Hall–Kier alpha value is -2.29. The molecular weight excluding hydrogens is 324 g/mol. The number of nitro groups is 1. The first kappa shape index (κ1) is 18.1. The molecule has 132 valence electrons. The molecule has 0 spiro atoms. The van der Waals surface area contributed by atoms with E-state index in [1.807, 2.05) is 4.90 Å². The summed E-state index contributed by atoms with van der Waals surface area (Å²) in [6, 6.07) is 3.55. The molecule has 0 bridgehead atoms. The van der Waals surface area contributed by atoms with Gasteiger partial charge >= 0.3 is 6.61 Å². The molecule has 2 rings (SSSR count). The van der Waals surface area contributed by atoms with Crippen LogP contribution in [-0.4, -0.2) is 42.5 Å². The van der Waals surface area contributed by atoms with Crippen molar-refractivity contribution in [3.05, 3.63) is 33.9 Å². The third kappa shape index (κ3) is 4.60. The average Bonchev–Trinajstić information content (AvgIpc) is 2.55. The summed E-state index contributed by atoms with van der Waals surface area (Å²) in [6.45, 7) is -1.65. The monoisotopic (exact) mass is 343 g/mol. The van der Waals surface area contributed by atoms with Gasteiger partial charge in [-0.05, 0) is 25.5 Å². The standard InChI is InChI=1S/C15H19F2N3O4/c1-18-14(21)10-3-2-6-19(8-10)9-11-7-12(20(22)23)4-5-13(11)24-15(16)17/h4-5,7,10,15H,2-3,6,8-9H2,1H3,(H,18,21)/t10-/m1/s1. The first-order valence-electron chi connectivity index (χ1n) is 7.56. The molecule has 1 atom stereocenters. The van der Waals surface area contributed by atoms with Crippen LogP contribution in [0.1, 0.15) is 18.4 Å². The first-order chi connectivity index (χ1) is 11.4. The molecule has 1 aliphatic rings. The maximum atomic E-state index is 12.5. The van der Waals surface area contributed by atoms with Gasteiger partial charge in [0.05, 0.1) is 10.8 Å². The number of alkyl halides is 2. The Labute approximate surface area is 137 Å². The third-order valence-corrected chi connectivity index (χ3v) is 3.99. The fourth-order valence-corrected chi connectivity index (χ4v) is 2.87. The van der Waals surface area contributed by atoms with Crippen molar-refractivity contribution in [3.8, 4) is 5.75 Å². The second-order valence-corrected chi connectivity index (χ2v) is 5.62. The zero-order valence-corrected chi connectivity index (χ0v) is 13.2. The van der Waals surface area contributed by atoms with Crippen molar-refractivity contribution in [3.63, 3.8) is 0 Å². The number of nitrogens with one attached hydrogen (secondary N) is 1. The number of nitro benzene ring substituents is 1. The highest BCUT2D eigenvalue weighted by Crippen LogP contribution is 2.28. The van der Waals surface area contributed by atoms with E-state index in [1.54, 1.807) is 7.05 Å². The maximum absolute atomic E-state index is 12.5. The van der Waals surface area contributed by atoms with Crippen LogP contribution in [-0.2, 0) is 11.3 Å². The molecule has 0 saturated carbocycles. The maximum Gasteiger partial charge on any atom is 0.387 e. The molecule has 1 N–H and O–H groups in total. The van der Waals surface area contributed by atoms with Crippen molar-refractivity contribution in [2.24, 2.45) is 5.92 Å². The van der Waals surface area contributed by atoms with E-state index < -0.39 is 11.5 Å². The van der Waals surface area contributed by atoms with Crippen LogP contribution in [0.4, 0.5) is 14.5 Å². The number of ether oxygens (including phenoxy) is 1. The number of rotatable bonds is 6. The highest BCUT2D eigenvalue weighted by molar-refractivity contribution is 5.78. The topological polar surface area (TPSA) is 84.7 Å². The van der Waals surface area contributed by atoms with Crippen molar-refractivity contribution in [1.82, 2.24) is 10.2 Å². The lowest BCUT2D eigenvalue weighted by Gasteiger charge is -2.32. The fourth-order valence-electron chi connectivity index (χ4n) is 2.87. The minimum Gasteiger partial charge on any atom is -0.434 e. The summed E-state index contributed by atoms with van der Waals surface area (Å²) >= 11 is 0. The van der Waals surface area contributed by atoms with Gasteiger partial charge in [-0.25, -0.2) is 0 Å². The van der Waals surface area contributed by atoms with Gasteiger partial charge in [0, 0.05) is 37.8 Å². The summed E-state index contributed by atoms with van der Waals surface area (Å²) in [5.41, 5.74) is 0.119. The fraction of sp³-hybridized carbons (Fsp3) is 0.533. The Kier molecular flexibility index (Phi) is 6.02. The Morgan fingerprint density at radius 2 is 2.29 bits per heavy atom. The molecule has 24 heavy (non-hydrogen) atoms. The van der Waals surface area contributed by atoms with E-state index >= 15 is 0 Å². The Balaban J connectivity index is 2.18. The van der Waals surface area contributed by atoms with Gasteiger partial charge in [-0.15, -0.1) is 0 Å². The summed E-state index contributed by atoms with van der Waals surface area (Å²) in [5, 5.41) is 13.5. The smallest absolute Gasteiger partial charge is 0.387 e. The van der Waals surface area contributed by atoms with Gasteiger partial charge in [0.2, 0.25) is 5.91 Å². The second kappa shape index (κ2) is 8.00. The van der Waals surface area contributed by atoms with Crippen LogP contribution in [0.25, 0.3) is 0 Å². The summed E-state index contributed by atoms with van der Waals surface area (Å²) in [7, 11) is 1.57. The summed E-state index contributed by atoms with van der Waals surface area (Å²) in [4.78, 5) is 24.0. The van der Waals surface area contributed by atoms with Gasteiger partial charge < -0.3 is 10.1 Å². The predicted octanol–water partition coefficient (Wildman–Crippen LogP) is 2.15. The summed E-state index contributed by atoms with van der Waals surface area (Å²) < 4.78 is 29.5. The Morgan fingerprint density at radius 3 is 2.92 bits per heavy atom. The minimum absolute atomic E-state index is 0.0669. The van der Waals surface area contributed by atoms with Gasteiger partial charge in [-0.1, -0.05) is 0 Å². The average molecular weight is 343 g/mol. The number of likely N-dealkylation sites (tertiary alicyclic amines) is 1. The van der Waals surface area contributed by atoms with Crippen LogP contribution in [0, 0.1) is 16.0 Å². The first-order valence-corrected chi connectivity index (χ1v) is 7.56. The number of carbonyl (C=O) groups is 1. The van der Waals surface area contributed by atoms with E-state index in [1.165, 1.54) is 12.1 Å². The molecule has 1 fully saturated rings. The van der Waals surface area contributed by atoms with Crippen LogP contribution in [0.3, 0.4) is 0 Å². The van der Waals surface area contributed by atoms with E-state index in [-0.39, 0.29) is 29.8 Å². The van der Waals surface area contributed by atoms with E-state index in [4.69, 9.17) is 0 Å². The Bertz CT molecular complexity index is 612. The lowest BCUT2D eigenvalue weighted by molar-refractivity contribution is -0.385. The minimum atomic E-state index is -3.01. The molecule has 1 aliphatic heterocycles. The summed E-state index contributed by atoms with van der Waals surface area (Å²) in [5.74, 6) is -0.331. The van der Waals surface area contributed by atoms with Gasteiger partial charge in [-0.2, -0.15) is 8.78 Å². The normalized spacial score (nSPS) is 18.4. The second-order valence-electron chi connectivity index (χ2n) is 5.62. The molecule has 9 heteroatoms. The third-order valence-electron chi connectivity index (χ3n) is 3.99. The number of nitrogens with zero attached hydrogens (tertiary/aromatic N) is 2. The molecule has 0 aliphatic carbocycles. The molecular formula is C15H19F2N3O4. The summed E-state index contributed by atoms with van der Waals surface area (Å²) in [6.07, 6.45) is 1.55. The molecule has 1 amide bonds. The lowest BCUT2D eigenvalue weighted by atomic mass is 9.96. The largest absolute Gasteiger partial charge is 0.434 e. The zero-order chi connectivity index (χ0) is 17.7. The number of carbonyl (C=O) groups excluding carboxylic acids is 1. The molecule has 1 heterocycles. The van der Waals surface area contributed by atoms with E-state index in [2.05, 4.69) is 10.1 Å². The van der Waals surface area contributed by atoms with Gasteiger partial charge in [-0.3, -0.25) is 19.8 Å². The van der Waals surface area contributed by atoms with Crippen molar-refractivity contribution < 1.29 is 23.2 Å². The Morgan fingerprint density at radius 1 is 1.54 bits per heavy atom. The van der Waals surface area contributed by atoms with Crippen LogP contribution < -0.4 is 10.1 Å². The van der Waals surface area contributed by atoms with E-state index in [0.29, 0.717) is 18.7 Å². The number of benzene rings is 1. The number of halogens is 2. The van der Waals surface area contributed by atoms with Gasteiger partial charge in [0.1, 0.15) is 5.75 Å². The highest BCUT2D eigenvalue weighted by atomic mass is 19.3. The molecule has 1 aromatic rings. The highest BCUT2D eigenvalue weighted by Gasteiger charge is 2.26. The number of non-ortho nitro benzene ring substituents is 1. The number of hydrogen-bond donors (Lipinski definition) is 1. The van der Waals surface area contributed by atoms with Crippen LogP contribution in [0.5, 0.6) is 5.75 Å². The van der Waals surface area contributed by atoms with E-state index in [0.717, 1.165) is 18.9 Å². The van der Waals surface area contributed by atoms with Crippen molar-refractivity contribution in [2.45, 2.75) is 26.0 Å². The lowest BCUT2D eigenvalue weighted by Crippen LogP contribution is -2.41. The van der Waals surface area contributed by atoms with Crippen molar-refractivity contribution >= 4 is 11.6 Å². The van der Waals surface area contributed by atoms with Crippen molar-refractivity contribution in [1.29, 1.82) is 0 Å².